The second kappa shape index (κ2) is 6.53. The number of nitrogens with zero attached hydrogens (tertiary/aromatic N) is 1. The monoisotopic (exact) mass is 296 g/mol. The quantitative estimate of drug-likeness (QED) is 0.898. The van der Waals surface area contributed by atoms with Gasteiger partial charge in [0.2, 0.25) is 0 Å². The Hall–Kier alpha value is -0.380. The molecule has 94 valence electrons. The first-order valence-electron chi connectivity index (χ1n) is 6.49. The van der Waals surface area contributed by atoms with Crippen LogP contribution >= 0.6 is 15.9 Å². The molecule has 2 rings (SSSR count). The number of likely N-dealkylation sites (N-methyl/N-ethyl adjacent to an activating group) is 1. The van der Waals surface area contributed by atoms with E-state index in [0.717, 1.165) is 19.6 Å². The van der Waals surface area contributed by atoms with Crippen molar-refractivity contribution in [2.45, 2.75) is 32.4 Å². The Morgan fingerprint density at radius 2 is 2.24 bits per heavy atom. The summed E-state index contributed by atoms with van der Waals surface area (Å²) in [6.45, 7) is 6.67. The number of likely N-dealkylation sites (tertiary alicyclic amines) is 1. The standard InChI is InChI=1S/C14H21BrN2/c1-2-16-10-13-7-5-9-17(13)11-12-6-3-4-8-14(12)15/h3-4,6,8,13,16H,2,5,7,9-11H2,1H3. The molecule has 17 heavy (non-hydrogen) atoms. The predicted molar refractivity (Wildman–Crippen MR) is 76.1 cm³/mol. The summed E-state index contributed by atoms with van der Waals surface area (Å²) in [5, 5.41) is 3.47. The molecule has 1 aliphatic heterocycles. The first kappa shape index (κ1) is 13.1. The molecule has 0 spiro atoms. The van der Waals surface area contributed by atoms with E-state index in [1.807, 2.05) is 0 Å². The third kappa shape index (κ3) is 3.54. The molecular weight excluding hydrogens is 276 g/mol. The highest BCUT2D eigenvalue weighted by atomic mass is 79.9. The fourth-order valence-electron chi connectivity index (χ4n) is 2.49. The molecule has 0 bridgehead atoms. The molecule has 1 saturated heterocycles. The maximum Gasteiger partial charge on any atom is 0.0248 e. The van der Waals surface area contributed by atoms with Crippen molar-refractivity contribution >= 4 is 15.9 Å². The lowest BCUT2D eigenvalue weighted by Crippen LogP contribution is -2.37. The first-order chi connectivity index (χ1) is 8.31. The molecular formula is C14H21BrN2. The van der Waals surface area contributed by atoms with Gasteiger partial charge in [0.25, 0.3) is 0 Å². The summed E-state index contributed by atoms with van der Waals surface area (Å²) < 4.78 is 1.23. The molecule has 3 heteroatoms. The van der Waals surface area contributed by atoms with Crippen LogP contribution in [0, 0.1) is 0 Å². The van der Waals surface area contributed by atoms with Crippen molar-refractivity contribution in [2.75, 3.05) is 19.6 Å². The maximum atomic E-state index is 3.63. The highest BCUT2D eigenvalue weighted by Gasteiger charge is 2.24. The molecule has 0 saturated carbocycles. The van der Waals surface area contributed by atoms with E-state index in [1.165, 1.54) is 29.4 Å². The van der Waals surface area contributed by atoms with E-state index in [4.69, 9.17) is 0 Å². The van der Waals surface area contributed by atoms with Gasteiger partial charge in [0.1, 0.15) is 0 Å². The Labute approximate surface area is 113 Å². The van der Waals surface area contributed by atoms with Gasteiger partial charge in [0, 0.05) is 23.6 Å². The van der Waals surface area contributed by atoms with Gasteiger partial charge in [-0.25, -0.2) is 0 Å². The van der Waals surface area contributed by atoms with E-state index in [0.29, 0.717) is 6.04 Å². The second-order valence-electron chi connectivity index (χ2n) is 4.67. The first-order valence-corrected chi connectivity index (χ1v) is 7.28. The lowest BCUT2D eigenvalue weighted by Gasteiger charge is -2.25. The lowest BCUT2D eigenvalue weighted by atomic mass is 10.2. The van der Waals surface area contributed by atoms with Gasteiger partial charge in [0.05, 0.1) is 0 Å². The highest BCUT2D eigenvalue weighted by molar-refractivity contribution is 9.10. The molecule has 0 aliphatic carbocycles. The van der Waals surface area contributed by atoms with Crippen LogP contribution in [0.3, 0.4) is 0 Å². The summed E-state index contributed by atoms with van der Waals surface area (Å²) in [6, 6.07) is 9.25. The average Bonchev–Trinajstić information content (AvgIpc) is 2.77. The third-order valence-electron chi connectivity index (χ3n) is 3.46. The van der Waals surface area contributed by atoms with E-state index in [2.05, 4.69) is 57.3 Å². The summed E-state index contributed by atoms with van der Waals surface area (Å²) in [6.07, 6.45) is 2.66. The van der Waals surface area contributed by atoms with E-state index >= 15 is 0 Å². The Morgan fingerprint density at radius 3 is 3.00 bits per heavy atom. The van der Waals surface area contributed by atoms with Crippen molar-refractivity contribution in [2.24, 2.45) is 0 Å². The summed E-state index contributed by atoms with van der Waals surface area (Å²) in [7, 11) is 0. The topological polar surface area (TPSA) is 15.3 Å². The van der Waals surface area contributed by atoms with Gasteiger partial charge in [-0.1, -0.05) is 41.1 Å². The van der Waals surface area contributed by atoms with Crippen LogP contribution in [0.1, 0.15) is 25.3 Å². The molecule has 1 heterocycles. The van der Waals surface area contributed by atoms with E-state index in [-0.39, 0.29) is 0 Å². The molecule has 0 aromatic heterocycles. The molecule has 0 radical (unpaired) electrons. The van der Waals surface area contributed by atoms with E-state index in [9.17, 15) is 0 Å². The fourth-order valence-corrected chi connectivity index (χ4v) is 2.90. The zero-order valence-electron chi connectivity index (χ0n) is 10.5. The normalized spacial score (nSPS) is 20.9. The lowest BCUT2D eigenvalue weighted by molar-refractivity contribution is 0.240. The zero-order valence-corrected chi connectivity index (χ0v) is 12.0. The Kier molecular flexibility index (Phi) is 5.01. The van der Waals surface area contributed by atoms with E-state index < -0.39 is 0 Å². The number of nitrogens with one attached hydrogen (secondary N) is 1. The average molecular weight is 297 g/mol. The van der Waals surface area contributed by atoms with Crippen molar-refractivity contribution in [1.82, 2.24) is 10.2 Å². The predicted octanol–water partition coefficient (Wildman–Crippen LogP) is 3.02. The molecule has 1 aliphatic rings. The van der Waals surface area contributed by atoms with Gasteiger partial charge in [0.15, 0.2) is 0 Å². The molecule has 1 fully saturated rings. The van der Waals surface area contributed by atoms with Gasteiger partial charge >= 0.3 is 0 Å². The van der Waals surface area contributed by atoms with Crippen molar-refractivity contribution in [1.29, 1.82) is 0 Å². The molecule has 1 aromatic carbocycles. The number of benzene rings is 1. The molecule has 1 aromatic rings. The Morgan fingerprint density at radius 1 is 1.41 bits per heavy atom. The van der Waals surface area contributed by atoms with E-state index in [1.54, 1.807) is 0 Å². The van der Waals surface area contributed by atoms with Crippen LogP contribution in [-0.2, 0) is 6.54 Å². The minimum absolute atomic E-state index is 0.710. The molecule has 1 atom stereocenters. The molecule has 1 N–H and O–H groups in total. The third-order valence-corrected chi connectivity index (χ3v) is 4.23. The maximum absolute atomic E-state index is 3.63. The van der Waals surface area contributed by atoms with Crippen molar-refractivity contribution in [3.63, 3.8) is 0 Å². The number of rotatable bonds is 5. The molecule has 1 unspecified atom stereocenters. The summed E-state index contributed by atoms with van der Waals surface area (Å²) >= 11 is 3.63. The fraction of sp³-hybridized carbons (Fsp3) is 0.571. The van der Waals surface area contributed by atoms with Crippen LogP contribution < -0.4 is 5.32 Å². The largest absolute Gasteiger partial charge is 0.315 e. The van der Waals surface area contributed by atoms with Crippen LogP contribution in [0.4, 0.5) is 0 Å². The Balaban J connectivity index is 1.95. The molecule has 0 amide bonds. The zero-order chi connectivity index (χ0) is 12.1. The number of hydrogen-bond donors (Lipinski definition) is 1. The highest BCUT2D eigenvalue weighted by Crippen LogP contribution is 2.23. The van der Waals surface area contributed by atoms with Crippen LogP contribution in [0.2, 0.25) is 0 Å². The second-order valence-corrected chi connectivity index (χ2v) is 5.52. The van der Waals surface area contributed by atoms with Gasteiger partial charge in [-0.2, -0.15) is 0 Å². The number of hydrogen-bond acceptors (Lipinski definition) is 2. The summed E-state index contributed by atoms with van der Waals surface area (Å²) in [5.74, 6) is 0. The van der Waals surface area contributed by atoms with Crippen molar-refractivity contribution in [3.05, 3.63) is 34.3 Å². The minimum Gasteiger partial charge on any atom is -0.315 e. The van der Waals surface area contributed by atoms with Crippen LogP contribution in [0.25, 0.3) is 0 Å². The minimum atomic E-state index is 0.710. The van der Waals surface area contributed by atoms with Crippen LogP contribution in [0.5, 0.6) is 0 Å². The smallest absolute Gasteiger partial charge is 0.0248 e. The molecule has 2 nitrogen and oxygen atoms in total. The van der Waals surface area contributed by atoms with Gasteiger partial charge in [-0.15, -0.1) is 0 Å². The van der Waals surface area contributed by atoms with Gasteiger partial charge in [-0.3, -0.25) is 4.90 Å². The van der Waals surface area contributed by atoms with Gasteiger partial charge < -0.3 is 5.32 Å². The van der Waals surface area contributed by atoms with Crippen molar-refractivity contribution in [3.8, 4) is 0 Å². The van der Waals surface area contributed by atoms with Crippen LogP contribution in [0.15, 0.2) is 28.7 Å². The van der Waals surface area contributed by atoms with Crippen molar-refractivity contribution < 1.29 is 0 Å². The van der Waals surface area contributed by atoms with Crippen LogP contribution in [-0.4, -0.2) is 30.6 Å². The summed E-state index contributed by atoms with van der Waals surface area (Å²) in [5.41, 5.74) is 1.40. The van der Waals surface area contributed by atoms with Gasteiger partial charge in [-0.05, 0) is 37.6 Å². The SMILES string of the molecule is CCNCC1CCCN1Cc1ccccc1Br. The number of halogens is 1. The Bertz CT molecular complexity index is 354. The summed E-state index contributed by atoms with van der Waals surface area (Å²) in [4.78, 5) is 2.60.